The number of tetrazole rings is 1. The molecule has 0 aliphatic heterocycles. The summed E-state index contributed by atoms with van der Waals surface area (Å²) in [7, 11) is 0. The summed E-state index contributed by atoms with van der Waals surface area (Å²) in [6, 6.07) is 13.4. The Kier molecular flexibility index (Phi) is 4.95. The summed E-state index contributed by atoms with van der Waals surface area (Å²) in [6.45, 7) is -0.0471. The van der Waals surface area contributed by atoms with Gasteiger partial charge in [-0.15, -0.1) is 5.10 Å². The van der Waals surface area contributed by atoms with Gasteiger partial charge in [-0.05, 0) is 28.1 Å². The summed E-state index contributed by atoms with van der Waals surface area (Å²) < 4.78 is 16.3. The van der Waals surface area contributed by atoms with Crippen molar-refractivity contribution in [2.75, 3.05) is 0 Å². The first kappa shape index (κ1) is 16.3. The first-order valence-corrected chi connectivity index (χ1v) is 7.93. The Balaban J connectivity index is 1.89. The van der Waals surface area contributed by atoms with Crippen LogP contribution in [0.1, 0.15) is 17.2 Å². The third kappa shape index (κ3) is 3.83. The number of nitrogens with one attached hydrogen (secondary N) is 1. The lowest BCUT2D eigenvalue weighted by Crippen LogP contribution is -2.32. The first-order valence-electron chi connectivity index (χ1n) is 7.13. The van der Waals surface area contributed by atoms with Gasteiger partial charge in [0.05, 0.1) is 6.04 Å². The molecule has 1 aromatic heterocycles. The van der Waals surface area contributed by atoms with Crippen LogP contribution in [-0.4, -0.2) is 26.1 Å². The molecule has 0 saturated heterocycles. The predicted octanol–water partition coefficient (Wildman–Crippen LogP) is 2.48. The largest absolute Gasteiger partial charge is 0.343 e. The van der Waals surface area contributed by atoms with Crippen LogP contribution in [0.25, 0.3) is 0 Å². The molecule has 0 radical (unpaired) electrons. The van der Waals surface area contributed by atoms with E-state index in [4.69, 9.17) is 0 Å². The van der Waals surface area contributed by atoms with Crippen molar-refractivity contribution in [3.05, 3.63) is 76.3 Å². The minimum atomic E-state index is -0.608. The van der Waals surface area contributed by atoms with Gasteiger partial charge in [0.2, 0.25) is 5.91 Å². The molecule has 1 heterocycles. The fourth-order valence-corrected chi connectivity index (χ4v) is 2.66. The molecule has 2 aromatic carbocycles. The van der Waals surface area contributed by atoms with Crippen molar-refractivity contribution < 1.29 is 9.18 Å². The number of rotatable bonds is 5. The molecular formula is C16H13BrFN5O. The predicted molar refractivity (Wildman–Crippen MR) is 88.3 cm³/mol. The molecule has 3 rings (SSSR count). The van der Waals surface area contributed by atoms with Crippen LogP contribution in [0.2, 0.25) is 0 Å². The van der Waals surface area contributed by atoms with Crippen molar-refractivity contribution >= 4 is 21.8 Å². The molecule has 0 fully saturated rings. The second kappa shape index (κ2) is 7.31. The number of halogens is 2. The standard InChI is InChI=1S/C16H13BrFN5O/c17-12-6-7-13(14(18)8-12)16(11-4-2-1-3-5-11)20-15(24)9-23-10-19-21-22-23/h1-8,10,16H,9H2,(H,20,24)/t16-/m0/s1. The maximum Gasteiger partial charge on any atom is 0.242 e. The summed E-state index contributed by atoms with van der Waals surface area (Å²) in [4.78, 5) is 12.3. The zero-order chi connectivity index (χ0) is 16.9. The van der Waals surface area contributed by atoms with E-state index in [-0.39, 0.29) is 12.5 Å². The van der Waals surface area contributed by atoms with E-state index in [1.54, 1.807) is 12.1 Å². The molecule has 1 N–H and O–H groups in total. The molecular weight excluding hydrogens is 377 g/mol. The Morgan fingerprint density at radius 3 is 2.71 bits per heavy atom. The molecule has 24 heavy (non-hydrogen) atoms. The number of benzene rings is 2. The van der Waals surface area contributed by atoms with Crippen molar-refractivity contribution in [3.63, 3.8) is 0 Å². The van der Waals surface area contributed by atoms with Gasteiger partial charge >= 0.3 is 0 Å². The number of carbonyl (C=O) groups is 1. The maximum atomic E-state index is 14.4. The van der Waals surface area contributed by atoms with E-state index in [0.717, 1.165) is 5.56 Å². The highest BCUT2D eigenvalue weighted by Crippen LogP contribution is 2.26. The van der Waals surface area contributed by atoms with E-state index >= 15 is 0 Å². The van der Waals surface area contributed by atoms with E-state index in [1.807, 2.05) is 30.3 Å². The smallest absolute Gasteiger partial charge is 0.242 e. The van der Waals surface area contributed by atoms with Crippen molar-refractivity contribution in [3.8, 4) is 0 Å². The fraction of sp³-hybridized carbons (Fsp3) is 0.125. The lowest BCUT2D eigenvalue weighted by atomic mass is 9.98. The van der Waals surface area contributed by atoms with E-state index in [0.29, 0.717) is 10.0 Å². The Morgan fingerprint density at radius 2 is 2.04 bits per heavy atom. The molecule has 0 bridgehead atoms. The summed E-state index contributed by atoms with van der Waals surface area (Å²) in [5.74, 6) is -0.723. The third-order valence-corrected chi connectivity index (χ3v) is 3.90. The zero-order valence-corrected chi connectivity index (χ0v) is 14.0. The third-order valence-electron chi connectivity index (χ3n) is 3.41. The minimum absolute atomic E-state index is 0.0471. The topological polar surface area (TPSA) is 72.7 Å². The van der Waals surface area contributed by atoms with Crippen molar-refractivity contribution in [1.29, 1.82) is 0 Å². The monoisotopic (exact) mass is 389 g/mol. The van der Waals surface area contributed by atoms with Gasteiger partial charge in [-0.3, -0.25) is 4.79 Å². The van der Waals surface area contributed by atoms with E-state index in [1.165, 1.54) is 17.1 Å². The van der Waals surface area contributed by atoms with Gasteiger partial charge in [0.1, 0.15) is 18.7 Å². The fourth-order valence-electron chi connectivity index (χ4n) is 2.33. The lowest BCUT2D eigenvalue weighted by molar-refractivity contribution is -0.122. The number of carbonyl (C=O) groups excluding carboxylic acids is 1. The highest BCUT2D eigenvalue weighted by molar-refractivity contribution is 9.10. The molecule has 0 saturated carbocycles. The molecule has 6 nitrogen and oxygen atoms in total. The van der Waals surface area contributed by atoms with Crippen molar-refractivity contribution in [2.24, 2.45) is 0 Å². The Bertz CT molecular complexity index is 826. The summed E-state index contributed by atoms with van der Waals surface area (Å²) in [5.41, 5.74) is 1.17. The average molecular weight is 390 g/mol. The van der Waals surface area contributed by atoms with Crippen LogP contribution in [0.3, 0.4) is 0 Å². The van der Waals surface area contributed by atoms with Crippen LogP contribution in [0.15, 0.2) is 59.3 Å². The van der Waals surface area contributed by atoms with Gasteiger partial charge in [-0.1, -0.05) is 52.3 Å². The Hall–Kier alpha value is -2.61. The molecule has 1 amide bonds. The van der Waals surface area contributed by atoms with Crippen LogP contribution in [-0.2, 0) is 11.3 Å². The Morgan fingerprint density at radius 1 is 1.25 bits per heavy atom. The second-order valence-electron chi connectivity index (χ2n) is 5.08. The normalized spacial score (nSPS) is 11.9. The first-order chi connectivity index (χ1) is 11.6. The molecule has 0 aliphatic rings. The van der Waals surface area contributed by atoms with Gasteiger partial charge in [0, 0.05) is 10.0 Å². The maximum absolute atomic E-state index is 14.4. The van der Waals surface area contributed by atoms with Crippen molar-refractivity contribution in [1.82, 2.24) is 25.5 Å². The lowest BCUT2D eigenvalue weighted by Gasteiger charge is -2.20. The highest BCUT2D eigenvalue weighted by Gasteiger charge is 2.20. The number of aromatic nitrogens is 4. The zero-order valence-electron chi connectivity index (χ0n) is 12.4. The van der Waals surface area contributed by atoms with Gasteiger partial charge in [-0.2, -0.15) is 0 Å². The Labute approximate surface area is 145 Å². The quantitative estimate of drug-likeness (QED) is 0.727. The average Bonchev–Trinajstić information content (AvgIpc) is 3.07. The van der Waals surface area contributed by atoms with Crippen LogP contribution in [0.4, 0.5) is 4.39 Å². The molecule has 8 heteroatoms. The SMILES string of the molecule is O=C(Cn1cnnn1)N[C@@H](c1ccccc1)c1ccc(Br)cc1F. The highest BCUT2D eigenvalue weighted by atomic mass is 79.9. The molecule has 1 atom stereocenters. The molecule has 0 unspecified atom stereocenters. The number of amides is 1. The van der Waals surface area contributed by atoms with E-state index in [9.17, 15) is 9.18 Å². The summed E-state index contributed by atoms with van der Waals surface area (Å²) >= 11 is 3.24. The molecule has 3 aromatic rings. The summed E-state index contributed by atoms with van der Waals surface area (Å²) in [5, 5.41) is 13.5. The molecule has 0 spiro atoms. The van der Waals surface area contributed by atoms with Gasteiger partial charge in [-0.25, -0.2) is 9.07 Å². The number of nitrogens with zero attached hydrogens (tertiary/aromatic N) is 4. The molecule has 122 valence electrons. The van der Waals surface area contributed by atoms with E-state index < -0.39 is 11.9 Å². The number of hydrogen-bond donors (Lipinski definition) is 1. The van der Waals surface area contributed by atoms with Gasteiger partial charge < -0.3 is 5.32 Å². The minimum Gasteiger partial charge on any atom is -0.343 e. The van der Waals surface area contributed by atoms with Crippen LogP contribution >= 0.6 is 15.9 Å². The van der Waals surface area contributed by atoms with Gasteiger partial charge in [0.15, 0.2) is 0 Å². The van der Waals surface area contributed by atoms with Gasteiger partial charge in [0.25, 0.3) is 0 Å². The second-order valence-corrected chi connectivity index (χ2v) is 6.00. The van der Waals surface area contributed by atoms with E-state index in [2.05, 4.69) is 36.8 Å². The van der Waals surface area contributed by atoms with Crippen LogP contribution in [0.5, 0.6) is 0 Å². The van der Waals surface area contributed by atoms with Crippen molar-refractivity contribution in [2.45, 2.75) is 12.6 Å². The van der Waals surface area contributed by atoms with Crippen LogP contribution < -0.4 is 5.32 Å². The molecule has 0 aliphatic carbocycles. The number of hydrogen-bond acceptors (Lipinski definition) is 4. The van der Waals surface area contributed by atoms with Crippen LogP contribution in [0, 0.1) is 5.82 Å². The summed E-state index contributed by atoms with van der Waals surface area (Å²) in [6.07, 6.45) is 1.34.